The van der Waals surface area contributed by atoms with Gasteiger partial charge < -0.3 is 33.7 Å². The van der Waals surface area contributed by atoms with Gasteiger partial charge in [0, 0.05) is 53.1 Å². The highest BCUT2D eigenvalue weighted by Crippen LogP contribution is 2.47. The van der Waals surface area contributed by atoms with E-state index in [2.05, 4.69) is 45.6 Å². The maximum Gasteiger partial charge on any atom is 0.141 e. The number of aryl methyl sites for hydroxylation is 4. The number of benzene rings is 4. The van der Waals surface area contributed by atoms with E-state index < -0.39 is 12.2 Å². The summed E-state index contributed by atoms with van der Waals surface area (Å²) in [6, 6.07) is 24.3. The smallest absolute Gasteiger partial charge is 0.141 e. The first-order valence-electron chi connectivity index (χ1n) is 21.2. The molecule has 0 amide bonds. The quantitative estimate of drug-likeness (QED) is 0.136. The Balaban J connectivity index is 0.000000136. The summed E-state index contributed by atoms with van der Waals surface area (Å²) in [5, 5.41) is 31.1. The van der Waals surface area contributed by atoms with Crippen LogP contribution in [0.5, 0.6) is 11.5 Å². The zero-order chi connectivity index (χ0) is 40.8. The summed E-state index contributed by atoms with van der Waals surface area (Å²) in [5.41, 5.74) is 14.7. The minimum Gasteiger partial charge on any atom is -0.487 e. The fourth-order valence-corrected chi connectivity index (χ4v) is 9.43. The van der Waals surface area contributed by atoms with Crippen molar-refractivity contribution in [3.05, 3.63) is 129 Å². The molecule has 0 spiro atoms. The van der Waals surface area contributed by atoms with Gasteiger partial charge in [-0.1, -0.05) is 46.7 Å². The second kappa shape index (κ2) is 14.3. The zero-order valence-corrected chi connectivity index (χ0v) is 34.2. The minimum atomic E-state index is -0.796. The molecule has 3 aromatic heterocycles. The molecule has 4 atom stereocenters. The first-order chi connectivity index (χ1) is 29.2. The highest BCUT2D eigenvalue weighted by atomic mass is 16.5. The number of nitrogens with one attached hydrogen (secondary N) is 1. The lowest BCUT2D eigenvalue weighted by molar-refractivity contribution is 0.0496. The molecule has 11 heteroatoms. The maximum absolute atomic E-state index is 11.4. The summed E-state index contributed by atoms with van der Waals surface area (Å²) in [4.78, 5) is 13.3. The van der Waals surface area contributed by atoms with Crippen molar-refractivity contribution in [2.45, 2.75) is 103 Å². The van der Waals surface area contributed by atoms with Gasteiger partial charge in [0.25, 0.3) is 0 Å². The third-order valence-corrected chi connectivity index (χ3v) is 12.8. The van der Waals surface area contributed by atoms with Gasteiger partial charge in [-0.15, -0.1) is 0 Å². The van der Waals surface area contributed by atoms with Crippen LogP contribution in [-0.2, 0) is 19.3 Å². The SMILES string of the molecule is Cc1noc(C)c1-c1cc(C(O)C2Cc3ccccc3O2)c2nc(C3CC3)[nH]c2c1.Cc1noc(C)c1-c1cc2c(c(C(O)C3Cc4ccccc4O3)c1)N=C(C1CC1)C2. The average Bonchev–Trinajstić information content (AvgIpc) is 3.93. The molecule has 4 unspecified atom stereocenters. The van der Waals surface area contributed by atoms with E-state index in [0.717, 1.165) is 121 Å². The van der Waals surface area contributed by atoms with E-state index in [1.165, 1.54) is 24.1 Å². The number of aliphatic hydroxyl groups excluding tert-OH is 2. The molecule has 7 aromatic rings. The van der Waals surface area contributed by atoms with Crippen molar-refractivity contribution >= 4 is 22.4 Å². The number of rotatable bonds is 8. The fourth-order valence-electron chi connectivity index (χ4n) is 9.43. The molecule has 2 fully saturated rings. The average molecular weight is 802 g/mol. The Hall–Kier alpha value is -6.04. The molecule has 2 saturated carbocycles. The van der Waals surface area contributed by atoms with Crippen LogP contribution in [0.1, 0.15) is 100 Å². The van der Waals surface area contributed by atoms with Crippen LogP contribution in [0.2, 0.25) is 0 Å². The van der Waals surface area contributed by atoms with Crippen LogP contribution < -0.4 is 9.47 Å². The molecule has 2 aliphatic carbocycles. The van der Waals surface area contributed by atoms with Crippen molar-refractivity contribution in [1.29, 1.82) is 0 Å². The van der Waals surface area contributed by atoms with E-state index in [1.807, 2.05) is 70.2 Å². The number of hydrogen-bond donors (Lipinski definition) is 3. The molecule has 4 aromatic carbocycles. The molecule has 3 aliphatic heterocycles. The summed E-state index contributed by atoms with van der Waals surface area (Å²) >= 11 is 0. The highest BCUT2D eigenvalue weighted by molar-refractivity contribution is 5.98. The number of para-hydroxylation sites is 2. The fraction of sp³-hybridized carbons (Fsp3) is 0.347. The second-order valence-electron chi connectivity index (χ2n) is 17.2. The third-order valence-electron chi connectivity index (χ3n) is 12.8. The van der Waals surface area contributed by atoms with Gasteiger partial charge in [0.15, 0.2) is 0 Å². The van der Waals surface area contributed by atoms with Gasteiger partial charge in [0.05, 0.1) is 28.1 Å². The highest BCUT2D eigenvalue weighted by Gasteiger charge is 2.37. The number of ether oxygens (including phenoxy) is 2. The van der Waals surface area contributed by atoms with Crippen LogP contribution in [0.15, 0.2) is 86.8 Å². The van der Waals surface area contributed by atoms with E-state index in [9.17, 15) is 10.2 Å². The molecule has 0 bridgehead atoms. The number of nitrogens with zero attached hydrogens (tertiary/aromatic N) is 4. The normalized spacial score (nSPS) is 19.8. The number of aromatic amines is 1. The van der Waals surface area contributed by atoms with Crippen molar-refractivity contribution in [3.8, 4) is 33.8 Å². The molecule has 304 valence electrons. The number of hydrogen-bond acceptors (Lipinski definition) is 10. The summed E-state index contributed by atoms with van der Waals surface area (Å²) in [7, 11) is 0. The summed E-state index contributed by atoms with van der Waals surface area (Å²) in [6.07, 6.45) is 4.80. The van der Waals surface area contributed by atoms with Crippen LogP contribution >= 0.6 is 0 Å². The number of aromatic nitrogens is 4. The van der Waals surface area contributed by atoms with E-state index in [-0.39, 0.29) is 12.2 Å². The number of aliphatic hydroxyl groups is 2. The van der Waals surface area contributed by atoms with Crippen LogP contribution in [0.25, 0.3) is 33.3 Å². The molecule has 3 N–H and O–H groups in total. The molecule has 5 aliphatic rings. The van der Waals surface area contributed by atoms with Gasteiger partial charge in [-0.2, -0.15) is 0 Å². The number of H-pyrrole nitrogens is 1. The third kappa shape index (κ3) is 6.51. The first-order valence-corrected chi connectivity index (χ1v) is 21.2. The van der Waals surface area contributed by atoms with E-state index >= 15 is 0 Å². The van der Waals surface area contributed by atoms with Crippen molar-refractivity contribution in [1.82, 2.24) is 20.3 Å². The summed E-state index contributed by atoms with van der Waals surface area (Å²) in [5.74, 6) is 5.37. The van der Waals surface area contributed by atoms with Gasteiger partial charge >= 0.3 is 0 Å². The minimum absolute atomic E-state index is 0.313. The molecule has 60 heavy (non-hydrogen) atoms. The Morgan fingerprint density at radius 3 is 1.75 bits per heavy atom. The monoisotopic (exact) mass is 801 g/mol. The van der Waals surface area contributed by atoms with Crippen molar-refractivity contribution in [2.24, 2.45) is 10.9 Å². The lowest BCUT2D eigenvalue weighted by Gasteiger charge is -2.21. The lowest BCUT2D eigenvalue weighted by Crippen LogP contribution is -2.23. The van der Waals surface area contributed by atoms with Crippen LogP contribution in [0, 0.1) is 33.6 Å². The first kappa shape index (κ1) is 37.0. The van der Waals surface area contributed by atoms with Crippen LogP contribution in [-0.4, -0.2) is 48.4 Å². The second-order valence-corrected chi connectivity index (χ2v) is 17.2. The molecule has 0 saturated heterocycles. The predicted octanol–water partition coefficient (Wildman–Crippen LogP) is 9.78. The summed E-state index contributed by atoms with van der Waals surface area (Å²) in [6.45, 7) is 7.74. The van der Waals surface area contributed by atoms with Gasteiger partial charge in [-0.3, -0.25) is 4.99 Å². The maximum atomic E-state index is 11.4. The molecule has 6 heterocycles. The Labute approximate surface area is 347 Å². The van der Waals surface area contributed by atoms with Crippen molar-refractivity contribution in [2.75, 3.05) is 0 Å². The largest absolute Gasteiger partial charge is 0.487 e. The topological polar surface area (TPSA) is 152 Å². The Bertz CT molecular complexity index is 2750. The number of fused-ring (bicyclic) bond motifs is 4. The van der Waals surface area contributed by atoms with Gasteiger partial charge in [0.2, 0.25) is 0 Å². The Morgan fingerprint density at radius 1 is 0.650 bits per heavy atom. The molecule has 12 rings (SSSR count). The lowest BCUT2D eigenvalue weighted by atomic mass is 9.91. The van der Waals surface area contributed by atoms with E-state index in [4.69, 9.17) is 28.5 Å². The summed E-state index contributed by atoms with van der Waals surface area (Å²) < 4.78 is 23.0. The van der Waals surface area contributed by atoms with Gasteiger partial charge in [-0.05, 0) is 124 Å². The van der Waals surface area contributed by atoms with Crippen LogP contribution in [0.3, 0.4) is 0 Å². The number of imidazole rings is 1. The van der Waals surface area contributed by atoms with E-state index in [1.54, 1.807) is 0 Å². The predicted molar refractivity (Wildman–Crippen MR) is 227 cm³/mol. The standard InChI is InChI=1S/C25H24N2O3.C24H23N3O3/c1-13-23(14(2)30-27-13)17-9-18-11-20(15-7-8-15)26-24(18)19(10-17)25(28)22-12-16-5-3-4-6-21(16)29-22;1-12-21(13(2)30-27-12)16-9-17(22-18(10-16)25-24(26-22)14-7-8-14)23(28)20-11-15-5-3-4-6-19(15)29-20/h3-6,9-10,15,22,25,28H,7-8,11-12H2,1-2H3;3-6,9-10,14,20,23,28H,7-8,11H2,1-2H3,(H,25,26). The Morgan fingerprint density at radius 2 is 1.20 bits per heavy atom. The number of aliphatic imine (C=N–C) groups is 1. The molecular formula is C49H47N5O6. The van der Waals surface area contributed by atoms with Crippen molar-refractivity contribution < 1.29 is 28.7 Å². The van der Waals surface area contributed by atoms with E-state index in [0.29, 0.717) is 24.7 Å². The van der Waals surface area contributed by atoms with Crippen molar-refractivity contribution in [3.63, 3.8) is 0 Å². The van der Waals surface area contributed by atoms with Gasteiger partial charge in [-0.25, -0.2) is 4.98 Å². The zero-order valence-electron chi connectivity index (χ0n) is 34.2. The van der Waals surface area contributed by atoms with Gasteiger partial charge in [0.1, 0.15) is 53.3 Å². The molecule has 11 nitrogen and oxygen atoms in total. The van der Waals surface area contributed by atoms with Crippen LogP contribution in [0.4, 0.5) is 5.69 Å². The molecule has 0 radical (unpaired) electrons. The molecular weight excluding hydrogens is 755 g/mol. The Kier molecular flexibility index (Phi) is 8.82.